The SMILES string of the molecule is CCC(CCO)CNCc1c(Cl)c(C)nn1CC. The maximum atomic E-state index is 8.95. The van der Waals surface area contributed by atoms with E-state index in [0.29, 0.717) is 5.92 Å². The molecular weight excluding hydrogens is 250 g/mol. The van der Waals surface area contributed by atoms with Gasteiger partial charge in [0, 0.05) is 19.7 Å². The van der Waals surface area contributed by atoms with Gasteiger partial charge >= 0.3 is 0 Å². The first-order chi connectivity index (χ1) is 8.63. The van der Waals surface area contributed by atoms with Crippen LogP contribution in [0, 0.1) is 12.8 Å². The predicted octanol–water partition coefficient (Wildman–Crippen LogP) is 2.36. The number of nitrogens with zero attached hydrogens (tertiary/aromatic N) is 2. The normalized spacial score (nSPS) is 12.9. The summed E-state index contributed by atoms with van der Waals surface area (Å²) in [5.41, 5.74) is 1.94. The molecule has 2 N–H and O–H groups in total. The minimum absolute atomic E-state index is 0.257. The molecule has 1 heterocycles. The molecule has 18 heavy (non-hydrogen) atoms. The predicted molar refractivity (Wildman–Crippen MR) is 74.8 cm³/mol. The molecule has 0 fully saturated rings. The summed E-state index contributed by atoms with van der Waals surface area (Å²) >= 11 is 6.24. The van der Waals surface area contributed by atoms with Gasteiger partial charge in [0.25, 0.3) is 0 Å². The van der Waals surface area contributed by atoms with Gasteiger partial charge in [-0.25, -0.2) is 0 Å². The van der Waals surface area contributed by atoms with Crippen molar-refractivity contribution in [3.05, 3.63) is 16.4 Å². The van der Waals surface area contributed by atoms with Gasteiger partial charge in [0.15, 0.2) is 0 Å². The van der Waals surface area contributed by atoms with Crippen molar-refractivity contribution >= 4 is 11.6 Å². The number of aryl methyl sites for hydroxylation is 2. The Bertz CT molecular complexity index is 365. The second kappa shape index (κ2) is 7.77. The van der Waals surface area contributed by atoms with Crippen molar-refractivity contribution in [1.82, 2.24) is 15.1 Å². The van der Waals surface area contributed by atoms with E-state index >= 15 is 0 Å². The minimum Gasteiger partial charge on any atom is -0.396 e. The van der Waals surface area contributed by atoms with Crippen LogP contribution in [0.1, 0.15) is 38.1 Å². The first kappa shape index (κ1) is 15.5. The number of aliphatic hydroxyl groups excluding tert-OH is 1. The second-order valence-electron chi connectivity index (χ2n) is 4.58. The van der Waals surface area contributed by atoms with Gasteiger partial charge in [0.2, 0.25) is 0 Å². The van der Waals surface area contributed by atoms with Crippen LogP contribution in [0.25, 0.3) is 0 Å². The lowest BCUT2D eigenvalue weighted by Crippen LogP contribution is -2.24. The molecule has 0 aliphatic heterocycles. The Labute approximate surface area is 114 Å². The summed E-state index contributed by atoms with van der Waals surface area (Å²) in [5.74, 6) is 0.521. The van der Waals surface area contributed by atoms with E-state index in [0.717, 1.165) is 48.9 Å². The van der Waals surface area contributed by atoms with E-state index in [1.165, 1.54) is 0 Å². The monoisotopic (exact) mass is 273 g/mol. The molecule has 0 saturated carbocycles. The Hall–Kier alpha value is -0.580. The number of aliphatic hydroxyl groups is 1. The number of nitrogens with one attached hydrogen (secondary N) is 1. The standard InChI is InChI=1S/C13H24ClN3O/c1-4-11(6-7-18)8-15-9-12-13(14)10(3)16-17(12)5-2/h11,15,18H,4-9H2,1-3H3. The molecule has 0 aromatic carbocycles. The Morgan fingerprint density at radius 1 is 1.44 bits per heavy atom. The van der Waals surface area contributed by atoms with Crippen LogP contribution in [0.15, 0.2) is 0 Å². The van der Waals surface area contributed by atoms with Gasteiger partial charge in [0.1, 0.15) is 0 Å². The van der Waals surface area contributed by atoms with Gasteiger partial charge in [0.05, 0.1) is 16.4 Å². The van der Waals surface area contributed by atoms with Crippen molar-refractivity contribution in [2.24, 2.45) is 5.92 Å². The van der Waals surface area contributed by atoms with Crippen LogP contribution in [0.5, 0.6) is 0 Å². The van der Waals surface area contributed by atoms with Gasteiger partial charge < -0.3 is 10.4 Å². The molecule has 104 valence electrons. The third kappa shape index (κ3) is 3.97. The van der Waals surface area contributed by atoms with E-state index in [2.05, 4.69) is 24.3 Å². The van der Waals surface area contributed by atoms with E-state index in [1.807, 2.05) is 11.6 Å². The molecule has 1 aromatic rings. The molecule has 0 saturated heterocycles. The zero-order chi connectivity index (χ0) is 13.5. The Balaban J connectivity index is 2.52. The van der Waals surface area contributed by atoms with E-state index in [9.17, 15) is 0 Å². The molecule has 1 atom stereocenters. The Morgan fingerprint density at radius 2 is 2.17 bits per heavy atom. The van der Waals surface area contributed by atoms with Gasteiger partial charge in [-0.3, -0.25) is 4.68 Å². The highest BCUT2D eigenvalue weighted by Crippen LogP contribution is 2.20. The van der Waals surface area contributed by atoms with Crippen molar-refractivity contribution in [2.75, 3.05) is 13.2 Å². The topological polar surface area (TPSA) is 50.1 Å². The van der Waals surface area contributed by atoms with Gasteiger partial charge in [-0.1, -0.05) is 24.9 Å². The van der Waals surface area contributed by atoms with E-state index in [4.69, 9.17) is 16.7 Å². The van der Waals surface area contributed by atoms with Crippen LogP contribution >= 0.6 is 11.6 Å². The molecule has 0 aliphatic rings. The minimum atomic E-state index is 0.257. The zero-order valence-corrected chi connectivity index (χ0v) is 12.3. The van der Waals surface area contributed by atoms with Gasteiger partial charge in [-0.15, -0.1) is 0 Å². The molecule has 0 aliphatic carbocycles. The van der Waals surface area contributed by atoms with Crippen LogP contribution in [0.2, 0.25) is 5.02 Å². The second-order valence-corrected chi connectivity index (χ2v) is 4.96. The van der Waals surface area contributed by atoms with E-state index < -0.39 is 0 Å². The molecule has 0 amide bonds. The van der Waals surface area contributed by atoms with Crippen molar-refractivity contribution in [1.29, 1.82) is 0 Å². The number of aromatic nitrogens is 2. The molecule has 0 radical (unpaired) electrons. The molecule has 1 unspecified atom stereocenters. The quantitative estimate of drug-likeness (QED) is 0.765. The summed E-state index contributed by atoms with van der Waals surface area (Å²) in [4.78, 5) is 0. The molecule has 4 nitrogen and oxygen atoms in total. The lowest BCUT2D eigenvalue weighted by molar-refractivity contribution is 0.251. The number of rotatable bonds is 8. The van der Waals surface area contributed by atoms with Gasteiger partial charge in [-0.2, -0.15) is 5.10 Å². The van der Waals surface area contributed by atoms with Crippen LogP contribution < -0.4 is 5.32 Å². The third-order valence-electron chi connectivity index (χ3n) is 3.29. The van der Waals surface area contributed by atoms with Crippen LogP contribution in [-0.4, -0.2) is 28.0 Å². The molecule has 1 rings (SSSR count). The molecule has 5 heteroatoms. The summed E-state index contributed by atoms with van der Waals surface area (Å²) in [6, 6.07) is 0. The van der Waals surface area contributed by atoms with Crippen molar-refractivity contribution < 1.29 is 5.11 Å². The highest BCUT2D eigenvalue weighted by molar-refractivity contribution is 6.31. The summed E-state index contributed by atoms with van der Waals surface area (Å²) in [5, 5.41) is 17.5. The van der Waals surface area contributed by atoms with E-state index in [-0.39, 0.29) is 6.61 Å². The molecule has 0 bridgehead atoms. The number of hydrogen-bond donors (Lipinski definition) is 2. The van der Waals surface area contributed by atoms with Crippen molar-refractivity contribution in [3.63, 3.8) is 0 Å². The van der Waals surface area contributed by atoms with Crippen LogP contribution in [0.3, 0.4) is 0 Å². The summed E-state index contributed by atoms with van der Waals surface area (Å²) in [6.45, 7) is 8.86. The first-order valence-corrected chi connectivity index (χ1v) is 7.05. The van der Waals surface area contributed by atoms with Gasteiger partial charge in [-0.05, 0) is 32.7 Å². The van der Waals surface area contributed by atoms with Crippen molar-refractivity contribution in [3.8, 4) is 0 Å². The smallest absolute Gasteiger partial charge is 0.0860 e. The first-order valence-electron chi connectivity index (χ1n) is 6.67. The lowest BCUT2D eigenvalue weighted by Gasteiger charge is -2.14. The molecule has 1 aromatic heterocycles. The van der Waals surface area contributed by atoms with Crippen molar-refractivity contribution in [2.45, 2.75) is 46.7 Å². The van der Waals surface area contributed by atoms with Crippen LogP contribution in [0.4, 0.5) is 0 Å². The average Bonchev–Trinajstić information content (AvgIpc) is 2.65. The highest BCUT2D eigenvalue weighted by Gasteiger charge is 2.12. The largest absolute Gasteiger partial charge is 0.396 e. The summed E-state index contributed by atoms with van der Waals surface area (Å²) in [7, 11) is 0. The fourth-order valence-electron chi connectivity index (χ4n) is 2.07. The fourth-order valence-corrected chi connectivity index (χ4v) is 2.27. The number of hydrogen-bond acceptors (Lipinski definition) is 3. The third-order valence-corrected chi connectivity index (χ3v) is 3.78. The Kier molecular flexibility index (Phi) is 6.68. The van der Waals surface area contributed by atoms with E-state index in [1.54, 1.807) is 0 Å². The Morgan fingerprint density at radius 3 is 2.72 bits per heavy atom. The zero-order valence-electron chi connectivity index (χ0n) is 11.5. The lowest BCUT2D eigenvalue weighted by atomic mass is 10.0. The molecule has 0 spiro atoms. The average molecular weight is 274 g/mol. The summed E-state index contributed by atoms with van der Waals surface area (Å²) in [6.07, 6.45) is 1.93. The highest BCUT2D eigenvalue weighted by atomic mass is 35.5. The maximum Gasteiger partial charge on any atom is 0.0860 e. The fraction of sp³-hybridized carbons (Fsp3) is 0.769. The maximum absolute atomic E-state index is 8.95. The summed E-state index contributed by atoms with van der Waals surface area (Å²) < 4.78 is 1.94. The molecular formula is C13H24ClN3O. The number of halogens is 1. The van der Waals surface area contributed by atoms with Crippen LogP contribution in [-0.2, 0) is 13.1 Å².